The highest BCUT2D eigenvalue weighted by atomic mass is 19.4. The largest absolute Gasteiger partial charge is 0.479 e. The van der Waals surface area contributed by atoms with Crippen molar-refractivity contribution in [2.75, 3.05) is 11.9 Å². The molecule has 2 atom stereocenters. The Bertz CT molecular complexity index is 493. The van der Waals surface area contributed by atoms with Crippen LogP contribution in [0.15, 0.2) is 18.3 Å². The molecule has 0 amide bonds. The summed E-state index contributed by atoms with van der Waals surface area (Å²) >= 11 is 0. The first kappa shape index (κ1) is 14.6. The fraction of sp³-hybridized carbons (Fsp3) is 0.500. The minimum Gasteiger partial charge on any atom is -0.479 e. The number of pyridine rings is 1. The molecule has 1 aromatic heterocycles. The molecule has 1 aromatic rings. The maximum atomic E-state index is 12.7. The number of rotatable bonds is 4. The van der Waals surface area contributed by atoms with Crippen LogP contribution in [0.3, 0.4) is 0 Å². The molecule has 0 aromatic carbocycles. The van der Waals surface area contributed by atoms with Crippen LogP contribution in [0.4, 0.5) is 19.0 Å². The van der Waals surface area contributed by atoms with Crippen molar-refractivity contribution in [2.45, 2.75) is 31.2 Å². The summed E-state index contributed by atoms with van der Waals surface area (Å²) in [6.07, 6.45) is -3.70. The molecule has 1 aliphatic heterocycles. The van der Waals surface area contributed by atoms with Gasteiger partial charge in [-0.1, -0.05) is 0 Å². The number of anilines is 1. The summed E-state index contributed by atoms with van der Waals surface area (Å²) in [7, 11) is 0. The first-order valence-electron chi connectivity index (χ1n) is 6.02. The lowest BCUT2D eigenvalue weighted by atomic mass is 10.2. The summed E-state index contributed by atoms with van der Waals surface area (Å²) in [4.78, 5) is 14.4. The quantitative estimate of drug-likeness (QED) is 0.889. The standard InChI is InChI=1S/C12H13F3N2O3/c13-12(14,15)8-2-1-5-16-10(8)17-6-7-3-4-9(20-7)11(18)19/h1-2,5,7,9H,3-4,6H2,(H,16,17)(H,18,19). The third-order valence-electron chi connectivity index (χ3n) is 2.99. The van der Waals surface area contributed by atoms with Gasteiger partial charge in [0.1, 0.15) is 5.82 Å². The maximum absolute atomic E-state index is 12.7. The molecule has 5 nitrogen and oxygen atoms in total. The van der Waals surface area contributed by atoms with Crippen LogP contribution >= 0.6 is 0 Å². The minimum absolute atomic E-state index is 0.0872. The smallest absolute Gasteiger partial charge is 0.419 e. The van der Waals surface area contributed by atoms with Gasteiger partial charge in [0.05, 0.1) is 11.7 Å². The van der Waals surface area contributed by atoms with Crippen molar-refractivity contribution in [3.63, 3.8) is 0 Å². The molecule has 20 heavy (non-hydrogen) atoms. The third-order valence-corrected chi connectivity index (χ3v) is 2.99. The number of halogens is 3. The molecule has 2 N–H and O–H groups in total. The van der Waals surface area contributed by atoms with E-state index in [1.54, 1.807) is 0 Å². The highest BCUT2D eigenvalue weighted by molar-refractivity contribution is 5.72. The summed E-state index contributed by atoms with van der Waals surface area (Å²) in [6.45, 7) is 0.0872. The van der Waals surface area contributed by atoms with E-state index in [1.165, 1.54) is 12.3 Å². The molecule has 1 fully saturated rings. The number of aliphatic carboxylic acids is 1. The van der Waals surface area contributed by atoms with Gasteiger partial charge in [0.15, 0.2) is 6.10 Å². The lowest BCUT2D eigenvalue weighted by Crippen LogP contribution is -2.25. The second-order valence-corrected chi connectivity index (χ2v) is 4.44. The molecule has 2 unspecified atom stereocenters. The van der Waals surface area contributed by atoms with Crippen LogP contribution in [0.25, 0.3) is 0 Å². The predicted molar refractivity (Wildman–Crippen MR) is 63.3 cm³/mol. The fourth-order valence-corrected chi connectivity index (χ4v) is 2.02. The molecule has 0 saturated carbocycles. The molecule has 0 aliphatic carbocycles. The summed E-state index contributed by atoms with van der Waals surface area (Å²) in [6, 6.07) is 2.14. The van der Waals surface area contributed by atoms with E-state index >= 15 is 0 Å². The van der Waals surface area contributed by atoms with Gasteiger partial charge in [-0.2, -0.15) is 13.2 Å². The number of alkyl halides is 3. The van der Waals surface area contributed by atoms with Gasteiger partial charge in [-0.3, -0.25) is 0 Å². The number of carboxylic acid groups (broad SMARTS) is 1. The van der Waals surface area contributed by atoms with E-state index in [0.717, 1.165) is 6.07 Å². The van der Waals surface area contributed by atoms with Crippen LogP contribution in [0.2, 0.25) is 0 Å². The number of carboxylic acids is 1. The zero-order valence-corrected chi connectivity index (χ0v) is 10.4. The Morgan fingerprint density at radius 1 is 1.50 bits per heavy atom. The van der Waals surface area contributed by atoms with E-state index < -0.39 is 29.9 Å². The van der Waals surface area contributed by atoms with Crippen molar-refractivity contribution in [1.82, 2.24) is 4.98 Å². The fourth-order valence-electron chi connectivity index (χ4n) is 2.02. The van der Waals surface area contributed by atoms with E-state index in [0.29, 0.717) is 12.8 Å². The number of hydrogen-bond donors (Lipinski definition) is 2. The molecule has 2 heterocycles. The Kier molecular flexibility index (Phi) is 4.12. The average Bonchev–Trinajstić information content (AvgIpc) is 2.84. The lowest BCUT2D eigenvalue weighted by molar-refractivity contribution is -0.149. The topological polar surface area (TPSA) is 71.5 Å². The SMILES string of the molecule is O=C(O)C1CCC(CNc2ncccc2C(F)(F)F)O1. The lowest BCUT2D eigenvalue weighted by Gasteiger charge is -2.16. The molecule has 1 saturated heterocycles. The van der Waals surface area contributed by atoms with Crippen molar-refractivity contribution < 1.29 is 27.8 Å². The molecular weight excluding hydrogens is 277 g/mol. The van der Waals surface area contributed by atoms with E-state index in [1.807, 2.05) is 0 Å². The molecule has 2 rings (SSSR count). The molecule has 0 radical (unpaired) electrons. The van der Waals surface area contributed by atoms with Crippen LogP contribution in [-0.2, 0) is 15.7 Å². The van der Waals surface area contributed by atoms with Gasteiger partial charge >= 0.3 is 12.1 Å². The van der Waals surface area contributed by atoms with Gasteiger partial charge < -0.3 is 15.2 Å². The second kappa shape index (κ2) is 5.66. The van der Waals surface area contributed by atoms with Gasteiger partial charge in [-0.05, 0) is 25.0 Å². The van der Waals surface area contributed by atoms with Crippen molar-refractivity contribution in [1.29, 1.82) is 0 Å². The highest BCUT2D eigenvalue weighted by Crippen LogP contribution is 2.33. The van der Waals surface area contributed by atoms with Crippen LogP contribution < -0.4 is 5.32 Å². The Morgan fingerprint density at radius 3 is 2.85 bits per heavy atom. The zero-order valence-electron chi connectivity index (χ0n) is 10.4. The third kappa shape index (κ3) is 3.38. The van der Waals surface area contributed by atoms with Crippen LogP contribution in [0.5, 0.6) is 0 Å². The highest BCUT2D eigenvalue weighted by Gasteiger charge is 2.35. The van der Waals surface area contributed by atoms with Crippen molar-refractivity contribution in [3.05, 3.63) is 23.9 Å². The Hall–Kier alpha value is -1.83. The molecular formula is C12H13F3N2O3. The van der Waals surface area contributed by atoms with Gasteiger partial charge in [0.2, 0.25) is 0 Å². The molecule has 0 bridgehead atoms. The maximum Gasteiger partial charge on any atom is 0.419 e. The summed E-state index contributed by atoms with van der Waals surface area (Å²) in [5.41, 5.74) is -0.854. The van der Waals surface area contributed by atoms with Gasteiger partial charge in [0.25, 0.3) is 0 Å². The van der Waals surface area contributed by atoms with E-state index in [-0.39, 0.29) is 12.4 Å². The van der Waals surface area contributed by atoms with Gasteiger partial charge in [0, 0.05) is 12.7 Å². The number of nitrogens with one attached hydrogen (secondary N) is 1. The molecule has 8 heteroatoms. The van der Waals surface area contributed by atoms with Gasteiger partial charge in [-0.25, -0.2) is 9.78 Å². The Morgan fingerprint density at radius 2 is 2.25 bits per heavy atom. The summed E-state index contributed by atoms with van der Waals surface area (Å²) in [5.74, 6) is -1.33. The van der Waals surface area contributed by atoms with Crippen molar-refractivity contribution in [2.24, 2.45) is 0 Å². The molecule has 110 valence electrons. The van der Waals surface area contributed by atoms with Crippen molar-refractivity contribution in [3.8, 4) is 0 Å². The van der Waals surface area contributed by atoms with E-state index in [9.17, 15) is 18.0 Å². The van der Waals surface area contributed by atoms with Crippen LogP contribution in [0.1, 0.15) is 18.4 Å². The van der Waals surface area contributed by atoms with E-state index in [2.05, 4.69) is 10.3 Å². The second-order valence-electron chi connectivity index (χ2n) is 4.44. The van der Waals surface area contributed by atoms with Crippen LogP contribution in [-0.4, -0.2) is 34.8 Å². The normalized spacial score (nSPS) is 22.8. The van der Waals surface area contributed by atoms with Crippen LogP contribution in [0, 0.1) is 0 Å². The number of carbonyl (C=O) groups is 1. The zero-order chi connectivity index (χ0) is 14.8. The monoisotopic (exact) mass is 290 g/mol. The summed E-state index contributed by atoms with van der Waals surface area (Å²) in [5, 5.41) is 11.3. The number of hydrogen-bond acceptors (Lipinski definition) is 4. The number of nitrogens with zero attached hydrogens (tertiary/aromatic N) is 1. The Balaban J connectivity index is 1.97. The number of aromatic nitrogens is 1. The minimum atomic E-state index is -4.49. The summed E-state index contributed by atoms with van der Waals surface area (Å²) < 4.78 is 43.4. The Labute approximate surface area is 112 Å². The predicted octanol–water partition coefficient (Wildman–Crippen LogP) is 2.14. The molecule has 1 aliphatic rings. The van der Waals surface area contributed by atoms with Gasteiger partial charge in [-0.15, -0.1) is 0 Å². The molecule has 0 spiro atoms. The number of ether oxygens (including phenoxy) is 1. The first-order valence-corrected chi connectivity index (χ1v) is 6.02. The first-order chi connectivity index (χ1) is 9.38. The van der Waals surface area contributed by atoms with Crippen molar-refractivity contribution >= 4 is 11.8 Å². The van der Waals surface area contributed by atoms with E-state index in [4.69, 9.17) is 9.84 Å². The average molecular weight is 290 g/mol.